The monoisotopic (exact) mass is 1180 g/mol. The zero-order chi connectivity index (χ0) is 59.0. The van der Waals surface area contributed by atoms with Crippen molar-refractivity contribution in [1.82, 2.24) is 29.2 Å². The average molecular weight is 1190 g/mol. The molecule has 4 aromatic heterocycles. The second-order valence-electron chi connectivity index (χ2n) is 20.8. The summed E-state index contributed by atoms with van der Waals surface area (Å²) >= 11 is 3.20. The fourth-order valence-corrected chi connectivity index (χ4v) is 13.1. The second kappa shape index (κ2) is 24.0. The molecule has 434 valence electrons. The van der Waals surface area contributed by atoms with E-state index in [1.165, 1.54) is 49.2 Å². The number of nitrogens with one attached hydrogen (secondary N) is 2. The maximum Gasteiger partial charge on any atom is 0.390 e. The Kier molecular flexibility index (Phi) is 16.9. The van der Waals surface area contributed by atoms with E-state index in [2.05, 4.69) is 25.7 Å². The minimum Gasteiger partial charge on any atom is -0.494 e. The largest absolute Gasteiger partial charge is 0.494 e. The molecular weight excluding hydrogens is 1130 g/mol. The van der Waals surface area contributed by atoms with Gasteiger partial charge in [0.2, 0.25) is 5.78 Å². The van der Waals surface area contributed by atoms with Crippen molar-refractivity contribution in [3.63, 3.8) is 0 Å². The molecule has 13 nitrogen and oxygen atoms in total. The van der Waals surface area contributed by atoms with Gasteiger partial charge in [0.1, 0.15) is 9.77 Å². The van der Waals surface area contributed by atoms with E-state index in [0.717, 1.165) is 59.9 Å². The van der Waals surface area contributed by atoms with Gasteiger partial charge in [-0.3, -0.25) is 14.4 Å². The van der Waals surface area contributed by atoms with Crippen LogP contribution >= 0.6 is 23.5 Å². The zero-order valence-electron chi connectivity index (χ0n) is 45.4. The SMILES string of the molecule is COc1ccc(C(=O)c2cc(NCCC(F)(F)F)c3ncc(-c4ccc(C(=O)CC5CC5)c(C)c4)n3n2)cc1F.COc1ccc(C2(c3cc(NCCC(F)(F)F)c4ncc(-c5ccc(C(=O)CC6CC6)c(C)c5)n4n3)SCCS2)cc1F. The summed E-state index contributed by atoms with van der Waals surface area (Å²) in [5.41, 5.74) is 7.67. The summed E-state index contributed by atoms with van der Waals surface area (Å²) in [6, 6.07) is 22.4. The van der Waals surface area contributed by atoms with E-state index in [-0.39, 0.29) is 52.2 Å². The first-order valence-corrected chi connectivity index (χ1v) is 28.8. The third-order valence-corrected chi connectivity index (χ3v) is 18.1. The Bertz CT molecular complexity index is 3780. The van der Waals surface area contributed by atoms with Gasteiger partial charge in [-0.05, 0) is 123 Å². The van der Waals surface area contributed by atoms with Crippen molar-refractivity contribution < 1.29 is 59.0 Å². The van der Waals surface area contributed by atoms with E-state index in [1.54, 1.807) is 64.6 Å². The van der Waals surface area contributed by atoms with Crippen LogP contribution in [0.2, 0.25) is 0 Å². The van der Waals surface area contributed by atoms with Gasteiger partial charge in [0, 0.05) is 65.3 Å². The molecule has 2 aliphatic carbocycles. The van der Waals surface area contributed by atoms with E-state index in [0.29, 0.717) is 75.3 Å². The van der Waals surface area contributed by atoms with Gasteiger partial charge in [0.05, 0.1) is 67.9 Å². The van der Waals surface area contributed by atoms with Crippen LogP contribution in [0.3, 0.4) is 0 Å². The Balaban J connectivity index is 0.000000186. The number of imidazole rings is 2. The zero-order valence-corrected chi connectivity index (χ0v) is 47.1. The summed E-state index contributed by atoms with van der Waals surface area (Å²) in [6.07, 6.45) is -2.29. The van der Waals surface area contributed by atoms with Gasteiger partial charge in [-0.25, -0.2) is 27.8 Å². The Morgan fingerprint density at radius 1 is 0.627 bits per heavy atom. The van der Waals surface area contributed by atoms with Crippen LogP contribution < -0.4 is 20.1 Å². The molecule has 11 rings (SSSR count). The molecule has 5 heterocycles. The summed E-state index contributed by atoms with van der Waals surface area (Å²) in [4.78, 5) is 47.7. The first kappa shape index (κ1) is 58.7. The van der Waals surface area contributed by atoms with Crippen molar-refractivity contribution >= 4 is 63.5 Å². The van der Waals surface area contributed by atoms with Crippen LogP contribution in [0.1, 0.15) is 111 Å². The number of ketones is 3. The third-order valence-electron chi connectivity index (χ3n) is 14.6. The predicted octanol–water partition coefficient (Wildman–Crippen LogP) is 14.3. The fraction of sp³-hybridized carbons (Fsp3) is 0.350. The number of nitrogens with zero attached hydrogens (tertiary/aromatic N) is 6. The molecule has 1 saturated heterocycles. The van der Waals surface area contributed by atoms with Crippen LogP contribution in [-0.2, 0) is 4.08 Å². The van der Waals surface area contributed by atoms with Crippen LogP contribution in [0.4, 0.5) is 46.5 Å². The van der Waals surface area contributed by atoms with Crippen molar-refractivity contribution in [2.75, 3.05) is 49.4 Å². The molecule has 8 aromatic rings. The maximum atomic E-state index is 14.9. The Hall–Kier alpha value is -7.53. The lowest BCUT2D eigenvalue weighted by Crippen LogP contribution is -2.22. The number of aromatic nitrogens is 6. The van der Waals surface area contributed by atoms with E-state index >= 15 is 0 Å². The second-order valence-corrected chi connectivity index (χ2v) is 23.6. The number of carbonyl (C=O) groups is 3. The molecule has 3 aliphatic rings. The molecule has 4 aromatic carbocycles. The number of alkyl halides is 6. The van der Waals surface area contributed by atoms with Gasteiger partial charge >= 0.3 is 12.4 Å². The Morgan fingerprint density at radius 2 is 1.11 bits per heavy atom. The highest BCUT2D eigenvalue weighted by Gasteiger charge is 2.43. The molecular formula is C60H56F8N8O5S2. The van der Waals surface area contributed by atoms with Gasteiger partial charge < -0.3 is 20.1 Å². The summed E-state index contributed by atoms with van der Waals surface area (Å²) in [5, 5.41) is 15.1. The molecule has 2 saturated carbocycles. The lowest BCUT2D eigenvalue weighted by atomic mass is 9.98. The average Bonchev–Trinajstić information content (AvgIpc) is 2.37. The van der Waals surface area contributed by atoms with Crippen molar-refractivity contribution in [1.29, 1.82) is 0 Å². The van der Waals surface area contributed by atoms with Crippen LogP contribution in [0.25, 0.3) is 33.8 Å². The number of ether oxygens (including phenoxy) is 2. The lowest BCUT2D eigenvalue weighted by molar-refractivity contribution is -0.132. The van der Waals surface area contributed by atoms with Crippen LogP contribution in [-0.4, -0.2) is 97.7 Å². The molecule has 1 aliphatic heterocycles. The van der Waals surface area contributed by atoms with Gasteiger partial charge in [0.25, 0.3) is 0 Å². The molecule has 2 N–H and O–H groups in total. The van der Waals surface area contributed by atoms with Crippen molar-refractivity contribution in [3.05, 3.63) is 154 Å². The molecule has 0 spiro atoms. The van der Waals surface area contributed by atoms with E-state index in [9.17, 15) is 49.5 Å². The van der Waals surface area contributed by atoms with Crippen LogP contribution in [0.5, 0.6) is 11.5 Å². The maximum absolute atomic E-state index is 14.9. The van der Waals surface area contributed by atoms with Crippen molar-refractivity contribution in [2.24, 2.45) is 11.8 Å². The molecule has 0 bridgehead atoms. The number of aryl methyl sites for hydroxylation is 2. The molecule has 0 atom stereocenters. The quantitative estimate of drug-likeness (QED) is 0.0550. The number of methoxy groups -OCH3 is 2. The van der Waals surface area contributed by atoms with Gasteiger partial charge in [0.15, 0.2) is 46.0 Å². The highest BCUT2D eigenvalue weighted by molar-refractivity contribution is 8.20. The molecule has 0 amide bonds. The first-order valence-electron chi connectivity index (χ1n) is 26.8. The number of thioether (sulfide) groups is 2. The minimum absolute atomic E-state index is 0.0116. The third kappa shape index (κ3) is 13.3. The Morgan fingerprint density at radius 3 is 1.57 bits per heavy atom. The van der Waals surface area contributed by atoms with Crippen LogP contribution in [0.15, 0.2) is 97.3 Å². The number of hydrogen-bond acceptors (Lipinski definition) is 13. The first-order chi connectivity index (χ1) is 39.6. The standard InChI is InChI=1S/C31H30F4N4O2S2.C29H26F4N4O3/c1-18-13-20(5-7-22(18)26(40)14-19-3-4-19)25-17-37-29-24(36-10-9-30(33,34)35)16-28(38-39(25)29)31(42-11-12-43-31)21-6-8-27(41-2)23(32)15-21;1-16-11-18(5-7-20(16)25(38)12-17-3-4-17)24-15-35-28-23(34-10-9-29(31,32)33)14-22(36-37(24)28)27(39)19-6-8-26(40-2)21(30)13-19/h5-8,13,15-17,19,36H,3-4,9-12,14H2,1-2H3;5-8,11,13-15,17,34H,3-4,9-10,12H2,1-2H3. The number of benzene rings is 4. The van der Waals surface area contributed by atoms with E-state index in [1.807, 2.05) is 38.1 Å². The number of Topliss-reactive ketones (excluding diaryl/α,β-unsaturated/α-hetero) is 2. The van der Waals surface area contributed by atoms with Crippen LogP contribution in [0, 0.1) is 37.3 Å². The summed E-state index contributed by atoms with van der Waals surface area (Å²) in [5.74, 6) is 0.893. The Labute approximate surface area is 480 Å². The summed E-state index contributed by atoms with van der Waals surface area (Å²) in [7, 11) is 2.70. The van der Waals surface area contributed by atoms with Gasteiger partial charge in [-0.15, -0.1) is 23.5 Å². The number of fused-ring (bicyclic) bond motifs is 2. The normalized spacial score (nSPS) is 15.0. The van der Waals surface area contributed by atoms with E-state index < -0.39 is 53.2 Å². The lowest BCUT2D eigenvalue weighted by Gasteiger charge is -2.28. The molecule has 0 radical (unpaired) electrons. The van der Waals surface area contributed by atoms with Crippen molar-refractivity contribution in [3.8, 4) is 34.0 Å². The number of anilines is 2. The van der Waals surface area contributed by atoms with Gasteiger partial charge in [-0.2, -0.15) is 36.5 Å². The summed E-state index contributed by atoms with van der Waals surface area (Å²) in [6.45, 7) is 2.94. The summed E-state index contributed by atoms with van der Waals surface area (Å²) < 4.78 is 119. The predicted molar refractivity (Wildman–Crippen MR) is 303 cm³/mol. The van der Waals surface area contributed by atoms with Crippen molar-refractivity contribution in [2.45, 2.75) is 81.6 Å². The van der Waals surface area contributed by atoms with Gasteiger partial charge in [-0.1, -0.05) is 30.3 Å². The number of halogens is 8. The smallest absolute Gasteiger partial charge is 0.390 e. The highest BCUT2D eigenvalue weighted by Crippen LogP contribution is 2.56. The number of hydrogen-bond donors (Lipinski definition) is 2. The number of carbonyl (C=O) groups excluding carboxylic acids is 3. The molecule has 23 heteroatoms. The number of rotatable bonds is 20. The molecule has 83 heavy (non-hydrogen) atoms. The minimum atomic E-state index is -4.38. The van der Waals surface area contributed by atoms with E-state index in [4.69, 9.17) is 14.6 Å². The molecule has 0 unspecified atom stereocenters. The topological polar surface area (TPSA) is 154 Å². The fourth-order valence-electron chi connectivity index (χ4n) is 9.90. The highest BCUT2D eigenvalue weighted by atomic mass is 32.2. The molecule has 3 fully saturated rings.